The minimum Gasteiger partial charge on any atom is -0.495 e. The van der Waals surface area contributed by atoms with Crippen LogP contribution in [0.4, 0.5) is 0 Å². The molecule has 4 aromatic carbocycles. The topological polar surface area (TPSA) is 9.23 Å². The molecule has 0 heterocycles. The SMILES string of the molecule is COc1c(-c2ccccc2)cc(-c2cccc(C)c2)cc1-c1ccccc1. The summed E-state index contributed by atoms with van der Waals surface area (Å²) in [6.45, 7) is 2.13. The Morgan fingerprint density at radius 1 is 0.519 bits per heavy atom. The zero-order valence-corrected chi connectivity index (χ0v) is 15.6. The van der Waals surface area contributed by atoms with Crippen LogP contribution in [0.5, 0.6) is 5.75 Å². The van der Waals surface area contributed by atoms with Crippen molar-refractivity contribution in [2.24, 2.45) is 0 Å². The second-order valence-corrected chi connectivity index (χ2v) is 6.71. The highest BCUT2D eigenvalue weighted by molar-refractivity contribution is 5.88. The molecule has 0 aliphatic rings. The quantitative estimate of drug-likeness (QED) is 0.385. The monoisotopic (exact) mass is 350 g/mol. The van der Waals surface area contributed by atoms with E-state index in [1.54, 1.807) is 7.11 Å². The predicted molar refractivity (Wildman–Crippen MR) is 114 cm³/mol. The van der Waals surface area contributed by atoms with E-state index in [-0.39, 0.29) is 0 Å². The molecule has 1 heteroatoms. The van der Waals surface area contributed by atoms with Crippen molar-refractivity contribution in [1.29, 1.82) is 0 Å². The molecular formula is C26H22O. The summed E-state index contributed by atoms with van der Waals surface area (Å²) >= 11 is 0. The lowest BCUT2D eigenvalue weighted by Gasteiger charge is -2.17. The van der Waals surface area contributed by atoms with Crippen LogP contribution in [0, 0.1) is 6.92 Å². The molecule has 0 aliphatic carbocycles. The van der Waals surface area contributed by atoms with Crippen LogP contribution >= 0.6 is 0 Å². The van der Waals surface area contributed by atoms with Gasteiger partial charge in [0.2, 0.25) is 0 Å². The fourth-order valence-corrected chi connectivity index (χ4v) is 3.50. The first kappa shape index (κ1) is 17.1. The van der Waals surface area contributed by atoms with Gasteiger partial charge in [-0.1, -0.05) is 90.5 Å². The fourth-order valence-electron chi connectivity index (χ4n) is 3.50. The summed E-state index contributed by atoms with van der Waals surface area (Å²) < 4.78 is 5.90. The molecule has 0 amide bonds. The van der Waals surface area contributed by atoms with E-state index >= 15 is 0 Å². The van der Waals surface area contributed by atoms with Gasteiger partial charge in [0, 0.05) is 11.1 Å². The van der Waals surface area contributed by atoms with Gasteiger partial charge in [0.1, 0.15) is 5.75 Å². The highest BCUT2D eigenvalue weighted by Crippen LogP contribution is 2.42. The Labute approximate surface area is 160 Å². The first-order valence-electron chi connectivity index (χ1n) is 9.16. The highest BCUT2D eigenvalue weighted by Gasteiger charge is 2.15. The molecule has 0 saturated heterocycles. The Morgan fingerprint density at radius 2 is 1.04 bits per heavy atom. The first-order valence-corrected chi connectivity index (χ1v) is 9.16. The third-order valence-electron chi connectivity index (χ3n) is 4.81. The second-order valence-electron chi connectivity index (χ2n) is 6.71. The largest absolute Gasteiger partial charge is 0.495 e. The number of hydrogen-bond acceptors (Lipinski definition) is 1. The molecule has 27 heavy (non-hydrogen) atoms. The zero-order chi connectivity index (χ0) is 18.6. The molecule has 4 aromatic rings. The van der Waals surface area contributed by atoms with E-state index in [1.165, 1.54) is 16.7 Å². The number of rotatable bonds is 4. The van der Waals surface area contributed by atoms with Crippen LogP contribution in [0.2, 0.25) is 0 Å². The number of aryl methyl sites for hydroxylation is 1. The molecule has 0 aliphatic heterocycles. The van der Waals surface area contributed by atoms with Crippen molar-refractivity contribution in [1.82, 2.24) is 0 Å². The van der Waals surface area contributed by atoms with Crippen LogP contribution in [0.1, 0.15) is 5.56 Å². The van der Waals surface area contributed by atoms with Gasteiger partial charge in [0.05, 0.1) is 7.11 Å². The Hall–Kier alpha value is -3.32. The van der Waals surface area contributed by atoms with E-state index in [4.69, 9.17) is 4.74 Å². The average molecular weight is 350 g/mol. The Bertz CT molecular complexity index is 989. The maximum Gasteiger partial charge on any atom is 0.134 e. The van der Waals surface area contributed by atoms with Crippen LogP contribution in [0.25, 0.3) is 33.4 Å². The van der Waals surface area contributed by atoms with Gasteiger partial charge < -0.3 is 4.74 Å². The molecule has 0 N–H and O–H groups in total. The molecule has 0 unspecified atom stereocenters. The van der Waals surface area contributed by atoms with Gasteiger partial charge in [0.15, 0.2) is 0 Å². The molecule has 0 fully saturated rings. The van der Waals surface area contributed by atoms with E-state index < -0.39 is 0 Å². The van der Waals surface area contributed by atoms with Crippen molar-refractivity contribution >= 4 is 0 Å². The van der Waals surface area contributed by atoms with Gasteiger partial charge >= 0.3 is 0 Å². The third kappa shape index (κ3) is 3.50. The first-order chi connectivity index (χ1) is 13.3. The third-order valence-corrected chi connectivity index (χ3v) is 4.81. The van der Waals surface area contributed by atoms with Crippen molar-refractivity contribution in [3.8, 4) is 39.1 Å². The highest BCUT2D eigenvalue weighted by atomic mass is 16.5. The van der Waals surface area contributed by atoms with Crippen molar-refractivity contribution in [3.05, 3.63) is 103 Å². The van der Waals surface area contributed by atoms with E-state index in [0.29, 0.717) is 0 Å². The summed E-state index contributed by atoms with van der Waals surface area (Å²) in [7, 11) is 1.75. The molecule has 0 aromatic heterocycles. The van der Waals surface area contributed by atoms with Crippen LogP contribution in [0.15, 0.2) is 97.1 Å². The average Bonchev–Trinajstić information content (AvgIpc) is 2.74. The van der Waals surface area contributed by atoms with Gasteiger partial charge in [-0.15, -0.1) is 0 Å². The Morgan fingerprint density at radius 3 is 1.52 bits per heavy atom. The maximum atomic E-state index is 5.90. The van der Waals surface area contributed by atoms with Crippen LogP contribution in [0.3, 0.4) is 0 Å². The summed E-state index contributed by atoms with van der Waals surface area (Å²) in [5, 5.41) is 0. The standard InChI is InChI=1S/C26H22O/c1-19-10-9-15-22(16-19)23-17-24(20-11-5-3-6-12-20)26(27-2)25(18-23)21-13-7-4-8-14-21/h3-18H,1-2H3. The second kappa shape index (κ2) is 7.51. The Kier molecular flexibility index (Phi) is 4.76. The summed E-state index contributed by atoms with van der Waals surface area (Å²) in [5.41, 5.74) is 8.18. The minimum absolute atomic E-state index is 0.906. The van der Waals surface area contributed by atoms with Crippen molar-refractivity contribution in [2.45, 2.75) is 6.92 Å². The number of benzene rings is 4. The van der Waals surface area contributed by atoms with Gasteiger partial charge in [-0.25, -0.2) is 0 Å². The molecule has 132 valence electrons. The normalized spacial score (nSPS) is 10.6. The number of methoxy groups -OCH3 is 1. The van der Waals surface area contributed by atoms with Gasteiger partial charge in [-0.05, 0) is 41.3 Å². The summed E-state index contributed by atoms with van der Waals surface area (Å²) in [4.78, 5) is 0. The van der Waals surface area contributed by atoms with Gasteiger partial charge in [-0.2, -0.15) is 0 Å². The van der Waals surface area contributed by atoms with E-state index in [9.17, 15) is 0 Å². The molecule has 0 saturated carbocycles. The van der Waals surface area contributed by atoms with Gasteiger partial charge in [0.25, 0.3) is 0 Å². The predicted octanol–water partition coefficient (Wildman–Crippen LogP) is 7.00. The molecular weight excluding hydrogens is 328 g/mol. The lowest BCUT2D eigenvalue weighted by Crippen LogP contribution is -1.94. The lowest BCUT2D eigenvalue weighted by atomic mass is 9.91. The van der Waals surface area contributed by atoms with E-state index in [0.717, 1.165) is 28.0 Å². The van der Waals surface area contributed by atoms with Crippen LogP contribution in [-0.2, 0) is 0 Å². The molecule has 0 atom stereocenters. The fraction of sp³-hybridized carbons (Fsp3) is 0.0769. The zero-order valence-electron chi connectivity index (χ0n) is 15.6. The van der Waals surface area contributed by atoms with Crippen LogP contribution in [-0.4, -0.2) is 7.11 Å². The smallest absolute Gasteiger partial charge is 0.134 e. The van der Waals surface area contributed by atoms with Gasteiger partial charge in [-0.3, -0.25) is 0 Å². The summed E-state index contributed by atoms with van der Waals surface area (Å²) in [6, 6.07) is 34.0. The van der Waals surface area contributed by atoms with Crippen molar-refractivity contribution < 1.29 is 4.74 Å². The van der Waals surface area contributed by atoms with E-state index in [1.807, 2.05) is 12.1 Å². The molecule has 1 nitrogen and oxygen atoms in total. The molecule has 0 radical (unpaired) electrons. The number of hydrogen-bond donors (Lipinski definition) is 0. The van der Waals surface area contributed by atoms with Crippen molar-refractivity contribution in [2.75, 3.05) is 7.11 Å². The Balaban J connectivity index is 2.01. The molecule has 4 rings (SSSR count). The summed E-state index contributed by atoms with van der Waals surface area (Å²) in [5.74, 6) is 0.906. The van der Waals surface area contributed by atoms with Crippen LogP contribution < -0.4 is 4.74 Å². The van der Waals surface area contributed by atoms with Crippen molar-refractivity contribution in [3.63, 3.8) is 0 Å². The maximum absolute atomic E-state index is 5.90. The number of ether oxygens (including phenoxy) is 1. The minimum atomic E-state index is 0.906. The molecule has 0 bridgehead atoms. The summed E-state index contributed by atoms with van der Waals surface area (Å²) in [6.07, 6.45) is 0. The lowest BCUT2D eigenvalue weighted by molar-refractivity contribution is 0.418. The molecule has 0 spiro atoms. The van der Waals surface area contributed by atoms with E-state index in [2.05, 4.69) is 91.9 Å².